The maximum absolute atomic E-state index is 13.8. The van der Waals surface area contributed by atoms with Crippen molar-refractivity contribution in [2.75, 3.05) is 25.1 Å². The lowest BCUT2D eigenvalue weighted by molar-refractivity contribution is 0.0520. The summed E-state index contributed by atoms with van der Waals surface area (Å²) < 4.78 is 26.5. The van der Waals surface area contributed by atoms with Crippen molar-refractivity contribution in [3.05, 3.63) is 54.1 Å². The Morgan fingerprint density at radius 1 is 1.27 bits per heavy atom. The molecule has 0 fully saturated rings. The van der Waals surface area contributed by atoms with Crippen LogP contribution >= 0.6 is 0 Å². The van der Waals surface area contributed by atoms with Crippen molar-refractivity contribution < 1.29 is 18.7 Å². The highest BCUT2D eigenvalue weighted by atomic mass is 19.1. The van der Waals surface area contributed by atoms with Crippen molar-refractivity contribution in [3.63, 3.8) is 0 Å². The molecule has 30 heavy (non-hydrogen) atoms. The predicted octanol–water partition coefficient (Wildman–Crippen LogP) is 3.41. The van der Waals surface area contributed by atoms with E-state index >= 15 is 0 Å². The summed E-state index contributed by atoms with van der Waals surface area (Å²) >= 11 is 0. The summed E-state index contributed by atoms with van der Waals surface area (Å²) in [6, 6.07) is 8.01. The molecule has 2 heterocycles. The lowest BCUT2D eigenvalue weighted by Gasteiger charge is -2.21. The van der Waals surface area contributed by atoms with E-state index in [-0.39, 0.29) is 19.0 Å². The molecule has 0 spiro atoms. The van der Waals surface area contributed by atoms with Gasteiger partial charge in [0.1, 0.15) is 29.6 Å². The highest BCUT2D eigenvalue weighted by Crippen LogP contribution is 2.23. The summed E-state index contributed by atoms with van der Waals surface area (Å²) in [6.07, 6.45) is 2.99. The van der Waals surface area contributed by atoms with E-state index in [0.717, 1.165) is 11.5 Å². The van der Waals surface area contributed by atoms with Gasteiger partial charge in [-0.05, 0) is 45.0 Å². The Kier molecular flexibility index (Phi) is 6.39. The third kappa shape index (κ3) is 5.82. The monoisotopic (exact) mass is 415 g/mol. The van der Waals surface area contributed by atoms with Gasteiger partial charge in [-0.2, -0.15) is 5.10 Å². The Morgan fingerprint density at radius 2 is 2.07 bits per heavy atom. The van der Waals surface area contributed by atoms with Crippen LogP contribution in [0, 0.1) is 5.82 Å². The number of anilines is 1. The highest BCUT2D eigenvalue weighted by molar-refractivity contribution is 5.67. The molecule has 0 atom stereocenters. The summed E-state index contributed by atoms with van der Waals surface area (Å²) in [5.74, 6) is 0.918. The second kappa shape index (κ2) is 8.98. The molecule has 3 rings (SSSR count). The fourth-order valence-corrected chi connectivity index (χ4v) is 2.79. The lowest BCUT2D eigenvalue weighted by atomic mass is 10.2. The normalized spacial score (nSPS) is 11.4. The largest absolute Gasteiger partial charge is 0.491 e. The maximum atomic E-state index is 13.8. The van der Waals surface area contributed by atoms with E-state index in [9.17, 15) is 9.18 Å². The number of hydrogen-bond donors (Lipinski definition) is 1. The third-order valence-corrected chi connectivity index (χ3v) is 4.09. The van der Waals surface area contributed by atoms with Crippen molar-refractivity contribution in [1.29, 1.82) is 0 Å². The van der Waals surface area contributed by atoms with Crippen molar-refractivity contribution in [3.8, 4) is 5.75 Å². The molecular formula is C21H26FN5O3. The number of alkyl carbamates (subject to hydrolysis) is 1. The van der Waals surface area contributed by atoms with Gasteiger partial charge in [-0.3, -0.25) is 0 Å². The third-order valence-electron chi connectivity index (χ3n) is 4.09. The summed E-state index contributed by atoms with van der Waals surface area (Å²) in [5.41, 5.74) is 0.835. The van der Waals surface area contributed by atoms with E-state index in [1.807, 2.05) is 30.3 Å². The lowest BCUT2D eigenvalue weighted by Crippen LogP contribution is -2.34. The first-order valence-electron chi connectivity index (χ1n) is 9.61. The molecule has 0 saturated carbocycles. The van der Waals surface area contributed by atoms with E-state index in [1.165, 1.54) is 12.1 Å². The zero-order chi connectivity index (χ0) is 21.7. The van der Waals surface area contributed by atoms with Gasteiger partial charge >= 0.3 is 6.09 Å². The number of halogens is 1. The van der Waals surface area contributed by atoms with Gasteiger partial charge in [-0.25, -0.2) is 18.7 Å². The minimum absolute atomic E-state index is 0.224. The molecule has 1 aromatic carbocycles. The van der Waals surface area contributed by atoms with Gasteiger partial charge in [0.15, 0.2) is 5.65 Å². The molecule has 2 aromatic heterocycles. The van der Waals surface area contributed by atoms with Gasteiger partial charge in [0.2, 0.25) is 0 Å². The number of hydrogen-bond acceptors (Lipinski definition) is 6. The minimum Gasteiger partial charge on any atom is -0.491 e. The molecule has 0 aliphatic heterocycles. The summed E-state index contributed by atoms with van der Waals surface area (Å²) in [6.45, 7) is 6.27. The summed E-state index contributed by atoms with van der Waals surface area (Å²) in [7, 11) is 1.87. The summed E-state index contributed by atoms with van der Waals surface area (Å²) in [4.78, 5) is 18.1. The predicted molar refractivity (Wildman–Crippen MR) is 111 cm³/mol. The van der Waals surface area contributed by atoms with E-state index in [4.69, 9.17) is 9.47 Å². The number of nitrogens with zero attached hydrogens (tertiary/aromatic N) is 4. The number of carbonyl (C=O) groups excluding carboxylic acids is 1. The molecule has 3 aromatic rings. The zero-order valence-corrected chi connectivity index (χ0v) is 17.6. The molecule has 1 amide bonds. The Hall–Kier alpha value is -3.36. The second-order valence-corrected chi connectivity index (χ2v) is 7.80. The van der Waals surface area contributed by atoms with E-state index < -0.39 is 11.7 Å². The average molecular weight is 415 g/mol. The minimum atomic E-state index is -0.562. The maximum Gasteiger partial charge on any atom is 0.407 e. The number of rotatable bonds is 7. The van der Waals surface area contributed by atoms with E-state index in [2.05, 4.69) is 15.4 Å². The van der Waals surface area contributed by atoms with Crippen molar-refractivity contribution in [2.45, 2.75) is 32.9 Å². The quantitative estimate of drug-likeness (QED) is 0.596. The van der Waals surface area contributed by atoms with Crippen molar-refractivity contribution >= 4 is 17.6 Å². The first-order chi connectivity index (χ1) is 14.2. The SMILES string of the molecule is CN(Cc1cc(F)ccc1OCCNC(=O)OC(C)(C)C)c1ccn2nccc2n1. The van der Waals surface area contributed by atoms with Crippen LogP contribution in [-0.2, 0) is 11.3 Å². The van der Waals surface area contributed by atoms with Gasteiger partial charge in [0, 0.05) is 31.4 Å². The van der Waals surface area contributed by atoms with Crippen LogP contribution in [-0.4, -0.2) is 46.5 Å². The number of amides is 1. The molecule has 160 valence electrons. The molecule has 0 aliphatic carbocycles. The number of ether oxygens (including phenoxy) is 2. The number of aromatic nitrogens is 3. The average Bonchev–Trinajstić information content (AvgIpc) is 3.13. The zero-order valence-electron chi connectivity index (χ0n) is 17.6. The van der Waals surface area contributed by atoms with Gasteiger partial charge in [0.25, 0.3) is 0 Å². The molecule has 0 radical (unpaired) electrons. The first-order valence-corrected chi connectivity index (χ1v) is 9.61. The Balaban J connectivity index is 1.61. The van der Waals surface area contributed by atoms with Gasteiger partial charge in [-0.15, -0.1) is 0 Å². The van der Waals surface area contributed by atoms with Crippen LogP contribution in [0.5, 0.6) is 5.75 Å². The molecule has 9 heteroatoms. The fraction of sp³-hybridized carbons (Fsp3) is 0.381. The molecule has 0 saturated heterocycles. The van der Waals surface area contributed by atoms with E-state index in [0.29, 0.717) is 17.9 Å². The van der Waals surface area contributed by atoms with Crippen LogP contribution in [0.2, 0.25) is 0 Å². The van der Waals surface area contributed by atoms with Gasteiger partial charge in [-0.1, -0.05) is 0 Å². The van der Waals surface area contributed by atoms with Gasteiger partial charge in [0.05, 0.1) is 12.7 Å². The van der Waals surface area contributed by atoms with Crippen LogP contribution in [0.15, 0.2) is 42.7 Å². The van der Waals surface area contributed by atoms with Crippen LogP contribution in [0.25, 0.3) is 5.65 Å². The Bertz CT molecular complexity index is 1020. The standard InChI is InChI=1S/C21H26FN5O3/c1-21(2,3)30-20(28)23-10-12-29-17-6-5-16(22)13-15(17)14-26(4)18-8-11-27-19(25-18)7-9-24-27/h5-9,11,13H,10,12,14H2,1-4H3,(H,23,28). The van der Waals surface area contributed by atoms with Crippen molar-refractivity contribution in [1.82, 2.24) is 19.9 Å². The molecule has 0 aliphatic rings. The number of carbonyl (C=O) groups is 1. The van der Waals surface area contributed by atoms with Crippen LogP contribution in [0.4, 0.5) is 15.0 Å². The topological polar surface area (TPSA) is 81.0 Å². The molecule has 8 nitrogen and oxygen atoms in total. The molecule has 0 bridgehead atoms. The fourth-order valence-electron chi connectivity index (χ4n) is 2.79. The molecular weight excluding hydrogens is 389 g/mol. The smallest absolute Gasteiger partial charge is 0.407 e. The summed E-state index contributed by atoms with van der Waals surface area (Å²) in [5, 5.41) is 6.76. The number of nitrogens with one attached hydrogen (secondary N) is 1. The Labute approximate surface area is 174 Å². The van der Waals surface area contributed by atoms with Crippen LogP contribution in [0.3, 0.4) is 0 Å². The van der Waals surface area contributed by atoms with E-state index in [1.54, 1.807) is 37.5 Å². The van der Waals surface area contributed by atoms with Gasteiger partial charge < -0.3 is 19.7 Å². The Morgan fingerprint density at radius 3 is 2.83 bits per heavy atom. The number of fused-ring (bicyclic) bond motifs is 1. The van der Waals surface area contributed by atoms with Crippen LogP contribution in [0.1, 0.15) is 26.3 Å². The number of benzene rings is 1. The van der Waals surface area contributed by atoms with Crippen molar-refractivity contribution in [2.24, 2.45) is 0 Å². The first kappa shape index (κ1) is 21.4. The molecule has 0 unspecified atom stereocenters. The molecule has 1 N–H and O–H groups in total. The van der Waals surface area contributed by atoms with Crippen LogP contribution < -0.4 is 15.0 Å². The highest BCUT2D eigenvalue weighted by Gasteiger charge is 2.16. The second-order valence-electron chi connectivity index (χ2n) is 7.80.